The fourth-order valence-electron chi connectivity index (χ4n) is 2.95. The lowest BCUT2D eigenvalue weighted by Crippen LogP contribution is -2.42. The molecule has 0 aliphatic carbocycles. The van der Waals surface area contributed by atoms with E-state index in [2.05, 4.69) is 0 Å². The topological polar surface area (TPSA) is 64.8 Å². The minimum Gasteiger partial charge on any atom is -0.493 e. The first-order valence-electron chi connectivity index (χ1n) is 8.67. The number of amides is 1. The van der Waals surface area contributed by atoms with E-state index >= 15 is 0 Å². The van der Waals surface area contributed by atoms with Crippen LogP contribution in [0.2, 0.25) is 5.02 Å². The van der Waals surface area contributed by atoms with Crippen LogP contribution >= 0.6 is 24.0 Å². The Balaban J connectivity index is 0.00000261. The zero-order valence-corrected chi connectivity index (χ0v) is 16.8. The lowest BCUT2D eigenvalue weighted by molar-refractivity contribution is 0.0714. The van der Waals surface area contributed by atoms with Crippen LogP contribution in [0.4, 0.5) is 0 Å². The van der Waals surface area contributed by atoms with E-state index in [-0.39, 0.29) is 24.4 Å². The zero-order chi connectivity index (χ0) is 18.5. The van der Waals surface area contributed by atoms with Gasteiger partial charge in [0.2, 0.25) is 0 Å². The highest BCUT2D eigenvalue weighted by atomic mass is 35.5. The van der Waals surface area contributed by atoms with E-state index in [1.54, 1.807) is 25.3 Å². The molecule has 2 N–H and O–H groups in total. The summed E-state index contributed by atoms with van der Waals surface area (Å²) in [6.45, 7) is 1.78. The smallest absolute Gasteiger partial charge is 0.253 e. The van der Waals surface area contributed by atoms with E-state index in [1.807, 2.05) is 29.2 Å². The van der Waals surface area contributed by atoms with Gasteiger partial charge in [-0.2, -0.15) is 0 Å². The van der Waals surface area contributed by atoms with Crippen molar-refractivity contribution < 1.29 is 14.3 Å². The maximum atomic E-state index is 12.7. The Hall–Kier alpha value is -1.95. The predicted molar refractivity (Wildman–Crippen MR) is 109 cm³/mol. The number of carbonyl (C=O) groups excluding carboxylic acids is 1. The molecule has 0 bridgehead atoms. The lowest BCUT2D eigenvalue weighted by atomic mass is 10.0. The van der Waals surface area contributed by atoms with Gasteiger partial charge in [-0.25, -0.2) is 0 Å². The molecule has 0 saturated carbocycles. The summed E-state index contributed by atoms with van der Waals surface area (Å²) in [6, 6.07) is 12.9. The number of likely N-dealkylation sites (tertiary alicyclic amines) is 1. The number of piperidine rings is 1. The number of hydrogen-bond acceptors (Lipinski definition) is 4. The van der Waals surface area contributed by atoms with Gasteiger partial charge in [-0.1, -0.05) is 23.7 Å². The fraction of sp³-hybridized carbons (Fsp3) is 0.350. The van der Waals surface area contributed by atoms with Crippen molar-refractivity contribution in [1.29, 1.82) is 0 Å². The number of ether oxygens (including phenoxy) is 2. The quantitative estimate of drug-likeness (QED) is 0.810. The van der Waals surface area contributed by atoms with Crippen molar-refractivity contribution in [2.45, 2.75) is 25.5 Å². The number of carbonyl (C=O) groups is 1. The zero-order valence-electron chi connectivity index (χ0n) is 15.2. The molecule has 0 aromatic heterocycles. The minimum atomic E-state index is -0.000508. The van der Waals surface area contributed by atoms with Crippen LogP contribution in [0.15, 0.2) is 42.5 Å². The second-order valence-electron chi connectivity index (χ2n) is 6.41. The van der Waals surface area contributed by atoms with Crippen LogP contribution in [0, 0.1) is 0 Å². The molecule has 0 unspecified atom stereocenters. The summed E-state index contributed by atoms with van der Waals surface area (Å²) in [6.07, 6.45) is 1.68. The first-order chi connectivity index (χ1) is 12.6. The average Bonchev–Trinajstić information content (AvgIpc) is 2.67. The number of nitrogens with zero attached hydrogens (tertiary/aromatic N) is 1. The fourth-order valence-corrected chi connectivity index (χ4v) is 3.07. The number of halogens is 2. The van der Waals surface area contributed by atoms with Gasteiger partial charge in [-0.05, 0) is 48.7 Å². The Labute approximate surface area is 170 Å². The van der Waals surface area contributed by atoms with Gasteiger partial charge in [0.15, 0.2) is 11.5 Å². The largest absolute Gasteiger partial charge is 0.493 e. The van der Waals surface area contributed by atoms with Crippen LogP contribution in [0.1, 0.15) is 28.8 Å². The van der Waals surface area contributed by atoms with Crippen LogP contribution in [0.25, 0.3) is 0 Å². The van der Waals surface area contributed by atoms with Crippen molar-refractivity contribution in [1.82, 2.24) is 4.90 Å². The molecule has 3 rings (SSSR count). The highest BCUT2D eigenvalue weighted by molar-refractivity contribution is 6.30. The van der Waals surface area contributed by atoms with Gasteiger partial charge in [0.05, 0.1) is 7.11 Å². The van der Waals surface area contributed by atoms with Gasteiger partial charge in [-0.3, -0.25) is 4.79 Å². The van der Waals surface area contributed by atoms with Crippen LogP contribution in [-0.2, 0) is 6.61 Å². The van der Waals surface area contributed by atoms with Crippen LogP contribution in [0.5, 0.6) is 11.5 Å². The van der Waals surface area contributed by atoms with Crippen LogP contribution in [0.3, 0.4) is 0 Å². The molecule has 2 aromatic carbocycles. The van der Waals surface area contributed by atoms with Crippen LogP contribution < -0.4 is 15.2 Å². The van der Waals surface area contributed by atoms with E-state index in [1.165, 1.54) is 0 Å². The van der Waals surface area contributed by atoms with Gasteiger partial charge in [-0.15, -0.1) is 12.4 Å². The van der Waals surface area contributed by atoms with Crippen molar-refractivity contribution in [2.24, 2.45) is 5.73 Å². The van der Waals surface area contributed by atoms with Crippen molar-refractivity contribution in [3.8, 4) is 11.5 Å². The molecule has 0 radical (unpaired) electrons. The molecule has 0 atom stereocenters. The monoisotopic (exact) mass is 410 g/mol. The normalized spacial score (nSPS) is 14.4. The number of nitrogens with two attached hydrogens (primary N) is 1. The van der Waals surface area contributed by atoms with E-state index in [0.717, 1.165) is 18.4 Å². The third-order valence-electron chi connectivity index (χ3n) is 4.55. The SMILES string of the molecule is COc1cc(C(=O)N2CCC(N)CC2)ccc1OCc1ccc(Cl)cc1.Cl. The molecule has 1 saturated heterocycles. The predicted octanol–water partition coefficient (Wildman–Crippen LogP) is 3.91. The van der Waals surface area contributed by atoms with Gasteiger partial charge in [0, 0.05) is 29.7 Å². The molecule has 1 aliphatic rings. The van der Waals surface area contributed by atoms with E-state index in [4.69, 9.17) is 26.8 Å². The summed E-state index contributed by atoms with van der Waals surface area (Å²) in [5.41, 5.74) is 7.50. The van der Waals surface area contributed by atoms with E-state index < -0.39 is 0 Å². The standard InChI is InChI=1S/C20H23ClN2O3.ClH/c1-25-19-12-15(20(24)23-10-8-17(22)9-11-23)4-7-18(19)26-13-14-2-5-16(21)6-3-14;/h2-7,12,17H,8-11,13,22H2,1H3;1H. The molecule has 1 amide bonds. The molecular weight excluding hydrogens is 387 g/mol. The molecule has 146 valence electrons. The van der Waals surface area contributed by atoms with Gasteiger partial charge in [0.1, 0.15) is 6.61 Å². The third-order valence-corrected chi connectivity index (χ3v) is 4.80. The second-order valence-corrected chi connectivity index (χ2v) is 6.85. The third kappa shape index (κ3) is 5.51. The molecule has 1 fully saturated rings. The van der Waals surface area contributed by atoms with E-state index in [0.29, 0.717) is 41.8 Å². The first kappa shape index (κ1) is 21.4. The maximum absolute atomic E-state index is 12.7. The second kappa shape index (κ2) is 9.83. The highest BCUT2D eigenvalue weighted by Gasteiger charge is 2.22. The van der Waals surface area contributed by atoms with Gasteiger partial charge < -0.3 is 20.1 Å². The number of rotatable bonds is 5. The molecule has 7 heteroatoms. The molecule has 2 aromatic rings. The number of hydrogen-bond donors (Lipinski definition) is 1. The summed E-state index contributed by atoms with van der Waals surface area (Å²) in [4.78, 5) is 14.5. The summed E-state index contributed by atoms with van der Waals surface area (Å²) in [5.74, 6) is 1.14. The molecule has 1 heterocycles. The molecular formula is C20H24Cl2N2O3. The van der Waals surface area contributed by atoms with Crippen molar-refractivity contribution in [3.05, 3.63) is 58.6 Å². The van der Waals surface area contributed by atoms with Crippen molar-refractivity contribution in [3.63, 3.8) is 0 Å². The Morgan fingerprint density at radius 2 is 1.81 bits per heavy atom. The number of benzene rings is 2. The summed E-state index contributed by atoms with van der Waals surface area (Å²) >= 11 is 5.89. The van der Waals surface area contributed by atoms with Crippen molar-refractivity contribution >= 4 is 29.9 Å². The molecule has 5 nitrogen and oxygen atoms in total. The summed E-state index contributed by atoms with van der Waals surface area (Å²) in [7, 11) is 1.57. The molecule has 0 spiro atoms. The molecule has 27 heavy (non-hydrogen) atoms. The highest BCUT2D eigenvalue weighted by Crippen LogP contribution is 2.29. The lowest BCUT2D eigenvalue weighted by Gasteiger charge is -2.30. The molecule has 1 aliphatic heterocycles. The Bertz CT molecular complexity index is 760. The number of methoxy groups -OCH3 is 1. The summed E-state index contributed by atoms with van der Waals surface area (Å²) in [5, 5.41) is 0.688. The Morgan fingerprint density at radius 3 is 2.44 bits per heavy atom. The van der Waals surface area contributed by atoms with Gasteiger partial charge >= 0.3 is 0 Å². The minimum absolute atomic E-state index is 0. The summed E-state index contributed by atoms with van der Waals surface area (Å²) < 4.78 is 11.2. The Morgan fingerprint density at radius 1 is 1.15 bits per heavy atom. The Kier molecular flexibility index (Phi) is 7.78. The van der Waals surface area contributed by atoms with Crippen molar-refractivity contribution in [2.75, 3.05) is 20.2 Å². The van der Waals surface area contributed by atoms with Gasteiger partial charge in [0.25, 0.3) is 5.91 Å². The maximum Gasteiger partial charge on any atom is 0.253 e. The first-order valence-corrected chi connectivity index (χ1v) is 9.05. The average molecular weight is 411 g/mol. The van der Waals surface area contributed by atoms with E-state index in [9.17, 15) is 4.79 Å². The van der Waals surface area contributed by atoms with Crippen LogP contribution in [-0.4, -0.2) is 37.0 Å².